The Morgan fingerprint density at radius 3 is 2.37 bits per heavy atom. The van der Waals surface area contributed by atoms with Crippen molar-refractivity contribution in [2.24, 2.45) is 5.92 Å². The van der Waals surface area contributed by atoms with Crippen LogP contribution in [-0.4, -0.2) is 12.6 Å². The summed E-state index contributed by atoms with van der Waals surface area (Å²) in [6, 6.07) is 9.11. The molecule has 0 aliphatic rings. The monoisotopic (exact) mass is 263 g/mol. The van der Waals surface area contributed by atoms with Gasteiger partial charge in [0, 0.05) is 19.2 Å². The Morgan fingerprint density at radius 2 is 1.74 bits per heavy atom. The van der Waals surface area contributed by atoms with Gasteiger partial charge in [-0.15, -0.1) is 0 Å². The van der Waals surface area contributed by atoms with E-state index in [1.165, 1.54) is 24.0 Å². The van der Waals surface area contributed by atoms with E-state index in [9.17, 15) is 0 Å². The van der Waals surface area contributed by atoms with Crippen LogP contribution in [-0.2, 0) is 17.9 Å². The van der Waals surface area contributed by atoms with Gasteiger partial charge in [-0.2, -0.15) is 0 Å². The fourth-order valence-electron chi connectivity index (χ4n) is 2.05. The molecule has 0 aliphatic carbocycles. The average Bonchev–Trinajstić information content (AvgIpc) is 2.41. The molecule has 0 spiro atoms. The molecule has 0 radical (unpaired) electrons. The van der Waals surface area contributed by atoms with Crippen LogP contribution < -0.4 is 5.32 Å². The van der Waals surface area contributed by atoms with Crippen LogP contribution in [0.4, 0.5) is 0 Å². The molecule has 2 nitrogen and oxygen atoms in total. The lowest BCUT2D eigenvalue weighted by Crippen LogP contribution is -2.26. The van der Waals surface area contributed by atoms with E-state index < -0.39 is 0 Å². The molecular formula is C17H29NO. The van der Waals surface area contributed by atoms with Gasteiger partial charge >= 0.3 is 0 Å². The number of rotatable bonds is 9. The third kappa shape index (κ3) is 6.74. The topological polar surface area (TPSA) is 21.3 Å². The highest BCUT2D eigenvalue weighted by molar-refractivity contribution is 5.26. The second-order valence-electron chi connectivity index (χ2n) is 5.66. The molecule has 1 aromatic rings. The van der Waals surface area contributed by atoms with Gasteiger partial charge < -0.3 is 10.1 Å². The average molecular weight is 263 g/mol. The molecule has 0 fully saturated rings. The van der Waals surface area contributed by atoms with Crippen LogP contribution in [0, 0.1) is 5.92 Å². The Kier molecular flexibility index (Phi) is 7.76. The molecule has 0 heterocycles. The van der Waals surface area contributed by atoms with Gasteiger partial charge in [-0.05, 0) is 43.7 Å². The number of ether oxygens (including phenoxy) is 1. The largest absolute Gasteiger partial charge is 0.377 e. The Hall–Kier alpha value is -0.860. The molecule has 1 unspecified atom stereocenters. The number of nitrogens with one attached hydrogen (secondary N) is 1. The minimum atomic E-state index is 0.572. The maximum absolute atomic E-state index is 5.52. The number of hydrogen-bond donors (Lipinski definition) is 1. The van der Waals surface area contributed by atoms with Crippen LogP contribution >= 0.6 is 0 Å². The van der Waals surface area contributed by atoms with Crippen LogP contribution in [0.1, 0.15) is 51.7 Å². The van der Waals surface area contributed by atoms with Crippen molar-refractivity contribution in [1.82, 2.24) is 5.32 Å². The Morgan fingerprint density at radius 1 is 1.05 bits per heavy atom. The maximum Gasteiger partial charge on any atom is 0.0719 e. The normalized spacial score (nSPS) is 12.9. The first kappa shape index (κ1) is 16.2. The van der Waals surface area contributed by atoms with Crippen molar-refractivity contribution in [2.75, 3.05) is 6.61 Å². The van der Waals surface area contributed by atoms with E-state index in [0.717, 1.165) is 19.1 Å². The van der Waals surface area contributed by atoms with Gasteiger partial charge in [-0.3, -0.25) is 0 Å². The molecule has 0 saturated carbocycles. The van der Waals surface area contributed by atoms with Gasteiger partial charge in [0.25, 0.3) is 0 Å². The predicted molar refractivity (Wildman–Crippen MR) is 82.1 cm³/mol. The smallest absolute Gasteiger partial charge is 0.0719 e. The molecule has 2 heteroatoms. The molecule has 0 aromatic heterocycles. The lowest BCUT2D eigenvalue weighted by atomic mass is 10.0. The quantitative estimate of drug-likeness (QED) is 0.723. The summed E-state index contributed by atoms with van der Waals surface area (Å²) in [5, 5.41) is 3.62. The summed E-state index contributed by atoms with van der Waals surface area (Å²) in [6.07, 6.45) is 2.53. The summed E-state index contributed by atoms with van der Waals surface area (Å²) < 4.78 is 5.52. The molecule has 0 amide bonds. The van der Waals surface area contributed by atoms with E-state index in [0.29, 0.717) is 12.6 Å². The molecule has 1 rings (SSSR count). The van der Waals surface area contributed by atoms with Crippen molar-refractivity contribution in [1.29, 1.82) is 0 Å². The fraction of sp³-hybridized carbons (Fsp3) is 0.647. The van der Waals surface area contributed by atoms with Crippen molar-refractivity contribution >= 4 is 0 Å². The van der Waals surface area contributed by atoms with E-state index >= 15 is 0 Å². The van der Waals surface area contributed by atoms with E-state index in [-0.39, 0.29) is 0 Å². The minimum Gasteiger partial charge on any atom is -0.377 e. The van der Waals surface area contributed by atoms with Gasteiger partial charge in [0.2, 0.25) is 0 Å². The zero-order chi connectivity index (χ0) is 14.1. The first-order valence-corrected chi connectivity index (χ1v) is 7.51. The van der Waals surface area contributed by atoms with Gasteiger partial charge in [0.15, 0.2) is 0 Å². The van der Waals surface area contributed by atoms with Crippen LogP contribution in [0.2, 0.25) is 0 Å². The number of benzene rings is 1. The van der Waals surface area contributed by atoms with Crippen LogP contribution in [0.15, 0.2) is 24.3 Å². The van der Waals surface area contributed by atoms with E-state index in [4.69, 9.17) is 4.74 Å². The maximum atomic E-state index is 5.52. The number of hydrogen-bond acceptors (Lipinski definition) is 2. The van der Waals surface area contributed by atoms with E-state index in [1.807, 2.05) is 6.92 Å². The fourth-order valence-corrected chi connectivity index (χ4v) is 2.05. The highest BCUT2D eigenvalue weighted by atomic mass is 16.5. The first-order valence-electron chi connectivity index (χ1n) is 7.51. The zero-order valence-electron chi connectivity index (χ0n) is 12.9. The Bertz CT molecular complexity index is 349. The summed E-state index contributed by atoms with van der Waals surface area (Å²) in [7, 11) is 0. The molecule has 0 bridgehead atoms. The standard InChI is InChI=1S/C17H29NO/c1-5-19-13-17-9-7-6-8-16(17)12-18-15(4)11-10-14(2)3/h6-9,14-15,18H,5,10-13H2,1-4H3. The highest BCUT2D eigenvalue weighted by Crippen LogP contribution is 2.12. The lowest BCUT2D eigenvalue weighted by molar-refractivity contribution is 0.133. The predicted octanol–water partition coefficient (Wildman–Crippen LogP) is 4.14. The second-order valence-corrected chi connectivity index (χ2v) is 5.66. The van der Waals surface area contributed by atoms with Gasteiger partial charge in [-0.1, -0.05) is 38.1 Å². The SMILES string of the molecule is CCOCc1ccccc1CNC(C)CCC(C)C. The molecular weight excluding hydrogens is 234 g/mol. The lowest BCUT2D eigenvalue weighted by Gasteiger charge is -2.16. The molecule has 1 atom stereocenters. The van der Waals surface area contributed by atoms with Crippen molar-refractivity contribution in [2.45, 2.75) is 59.7 Å². The summed E-state index contributed by atoms with van der Waals surface area (Å²) >= 11 is 0. The summed E-state index contributed by atoms with van der Waals surface area (Å²) in [5.41, 5.74) is 2.65. The molecule has 108 valence electrons. The summed E-state index contributed by atoms with van der Waals surface area (Å²) in [6.45, 7) is 11.3. The van der Waals surface area contributed by atoms with Gasteiger partial charge in [-0.25, -0.2) is 0 Å². The van der Waals surface area contributed by atoms with Gasteiger partial charge in [0.1, 0.15) is 0 Å². The van der Waals surface area contributed by atoms with E-state index in [2.05, 4.69) is 50.4 Å². The molecule has 0 saturated heterocycles. The van der Waals surface area contributed by atoms with Crippen LogP contribution in [0.3, 0.4) is 0 Å². The summed E-state index contributed by atoms with van der Waals surface area (Å²) in [5.74, 6) is 0.787. The second kappa shape index (κ2) is 9.11. The van der Waals surface area contributed by atoms with Crippen LogP contribution in [0.5, 0.6) is 0 Å². The van der Waals surface area contributed by atoms with Crippen molar-refractivity contribution in [3.05, 3.63) is 35.4 Å². The highest BCUT2D eigenvalue weighted by Gasteiger charge is 2.06. The third-order valence-corrected chi connectivity index (χ3v) is 3.40. The molecule has 0 aliphatic heterocycles. The minimum absolute atomic E-state index is 0.572. The molecule has 19 heavy (non-hydrogen) atoms. The molecule has 1 N–H and O–H groups in total. The molecule has 1 aromatic carbocycles. The van der Waals surface area contributed by atoms with Crippen molar-refractivity contribution < 1.29 is 4.74 Å². The van der Waals surface area contributed by atoms with Crippen LogP contribution in [0.25, 0.3) is 0 Å². The van der Waals surface area contributed by atoms with Gasteiger partial charge in [0.05, 0.1) is 6.61 Å². The Balaban J connectivity index is 2.43. The van der Waals surface area contributed by atoms with Crippen molar-refractivity contribution in [3.8, 4) is 0 Å². The Labute approximate surface area is 118 Å². The van der Waals surface area contributed by atoms with E-state index in [1.54, 1.807) is 0 Å². The third-order valence-electron chi connectivity index (χ3n) is 3.40. The first-order chi connectivity index (χ1) is 9.13. The summed E-state index contributed by atoms with van der Waals surface area (Å²) in [4.78, 5) is 0. The zero-order valence-corrected chi connectivity index (χ0v) is 12.9. The van der Waals surface area contributed by atoms with Crippen molar-refractivity contribution in [3.63, 3.8) is 0 Å².